The minimum absolute atomic E-state index is 0.0975. The van der Waals surface area contributed by atoms with Crippen LogP contribution < -0.4 is 4.74 Å². The van der Waals surface area contributed by atoms with Gasteiger partial charge in [0.1, 0.15) is 0 Å². The number of rotatable bonds is 4. The van der Waals surface area contributed by atoms with Crippen molar-refractivity contribution in [1.29, 1.82) is 0 Å². The maximum absolute atomic E-state index is 10.6. The standard InChI is InChI=1S/C10H9N3O4/c1-6-12-9(17-13-6)5-16-8-3-2-7(4-11-8)10(14)15/h2-4H,5H2,1H3,(H,14,15). The number of hydrogen-bond donors (Lipinski definition) is 1. The normalized spacial score (nSPS) is 10.2. The van der Waals surface area contributed by atoms with Crippen LogP contribution in [-0.4, -0.2) is 26.2 Å². The minimum atomic E-state index is -1.03. The maximum Gasteiger partial charge on any atom is 0.337 e. The molecule has 0 atom stereocenters. The number of carbonyl (C=O) groups is 1. The average molecular weight is 235 g/mol. The molecule has 2 aromatic heterocycles. The number of nitrogens with zero attached hydrogens (tertiary/aromatic N) is 3. The summed E-state index contributed by atoms with van der Waals surface area (Å²) in [4.78, 5) is 18.4. The zero-order chi connectivity index (χ0) is 12.3. The number of pyridine rings is 1. The second-order valence-corrected chi connectivity index (χ2v) is 3.21. The Hall–Kier alpha value is -2.44. The highest BCUT2D eigenvalue weighted by atomic mass is 16.5. The number of carboxylic acid groups (broad SMARTS) is 1. The van der Waals surface area contributed by atoms with Gasteiger partial charge in [-0.2, -0.15) is 4.98 Å². The molecule has 7 nitrogen and oxygen atoms in total. The van der Waals surface area contributed by atoms with Crippen LogP contribution in [0.2, 0.25) is 0 Å². The van der Waals surface area contributed by atoms with Crippen LogP contribution in [0.4, 0.5) is 0 Å². The molecule has 0 saturated heterocycles. The zero-order valence-electron chi connectivity index (χ0n) is 8.95. The molecule has 0 aromatic carbocycles. The molecular weight excluding hydrogens is 226 g/mol. The average Bonchev–Trinajstić information content (AvgIpc) is 2.73. The summed E-state index contributed by atoms with van der Waals surface area (Å²) in [5.41, 5.74) is 0.103. The van der Waals surface area contributed by atoms with Gasteiger partial charge >= 0.3 is 5.97 Å². The van der Waals surface area contributed by atoms with Crippen LogP contribution >= 0.6 is 0 Å². The summed E-state index contributed by atoms with van der Waals surface area (Å²) in [5, 5.41) is 12.3. The van der Waals surface area contributed by atoms with Crippen molar-refractivity contribution in [3.05, 3.63) is 35.6 Å². The molecule has 0 aliphatic heterocycles. The van der Waals surface area contributed by atoms with E-state index < -0.39 is 5.97 Å². The third kappa shape index (κ3) is 2.77. The molecule has 0 aliphatic carbocycles. The number of hydrogen-bond acceptors (Lipinski definition) is 6. The Morgan fingerprint density at radius 3 is 2.88 bits per heavy atom. The van der Waals surface area contributed by atoms with Crippen molar-refractivity contribution in [2.45, 2.75) is 13.5 Å². The molecule has 7 heteroatoms. The Kier molecular flexibility index (Phi) is 2.99. The van der Waals surface area contributed by atoms with E-state index in [9.17, 15) is 4.79 Å². The van der Waals surface area contributed by atoms with E-state index >= 15 is 0 Å². The fourth-order valence-electron chi connectivity index (χ4n) is 1.13. The van der Waals surface area contributed by atoms with Crippen molar-refractivity contribution in [3.63, 3.8) is 0 Å². The van der Waals surface area contributed by atoms with Crippen molar-refractivity contribution in [2.24, 2.45) is 0 Å². The number of aromatic nitrogens is 3. The van der Waals surface area contributed by atoms with Crippen LogP contribution in [0.15, 0.2) is 22.9 Å². The molecule has 0 spiro atoms. The molecule has 0 bridgehead atoms. The largest absolute Gasteiger partial charge is 0.478 e. The highest BCUT2D eigenvalue weighted by molar-refractivity contribution is 5.87. The predicted octanol–water partition coefficient (Wildman–Crippen LogP) is 1.05. The lowest BCUT2D eigenvalue weighted by Crippen LogP contribution is -2.00. The van der Waals surface area contributed by atoms with Gasteiger partial charge in [0.15, 0.2) is 12.4 Å². The summed E-state index contributed by atoms with van der Waals surface area (Å²) in [6, 6.07) is 2.87. The molecule has 0 amide bonds. The monoisotopic (exact) mass is 235 g/mol. The lowest BCUT2D eigenvalue weighted by atomic mass is 10.3. The van der Waals surface area contributed by atoms with Gasteiger partial charge < -0.3 is 14.4 Å². The Labute approximate surface area is 96.1 Å². The van der Waals surface area contributed by atoms with Gasteiger partial charge in [0, 0.05) is 12.3 Å². The first-order valence-electron chi connectivity index (χ1n) is 4.76. The van der Waals surface area contributed by atoms with Crippen molar-refractivity contribution >= 4 is 5.97 Å². The van der Waals surface area contributed by atoms with Crippen LogP contribution in [0.5, 0.6) is 5.88 Å². The van der Waals surface area contributed by atoms with Gasteiger partial charge in [0.05, 0.1) is 5.56 Å². The fraction of sp³-hybridized carbons (Fsp3) is 0.200. The quantitative estimate of drug-likeness (QED) is 0.845. The summed E-state index contributed by atoms with van der Waals surface area (Å²) in [5.74, 6) is 0.131. The fourth-order valence-corrected chi connectivity index (χ4v) is 1.13. The Morgan fingerprint density at radius 1 is 1.53 bits per heavy atom. The first-order valence-corrected chi connectivity index (χ1v) is 4.76. The molecular formula is C10H9N3O4. The van der Waals surface area contributed by atoms with Gasteiger partial charge in [-0.25, -0.2) is 9.78 Å². The summed E-state index contributed by atoms with van der Waals surface area (Å²) >= 11 is 0. The SMILES string of the molecule is Cc1noc(COc2ccc(C(=O)O)cn2)n1. The molecule has 0 radical (unpaired) electrons. The van der Waals surface area contributed by atoms with Crippen LogP contribution in [0, 0.1) is 6.92 Å². The van der Waals surface area contributed by atoms with Gasteiger partial charge in [-0.05, 0) is 13.0 Å². The van der Waals surface area contributed by atoms with Crippen LogP contribution in [-0.2, 0) is 6.61 Å². The van der Waals surface area contributed by atoms with Crippen molar-refractivity contribution in [1.82, 2.24) is 15.1 Å². The first-order chi connectivity index (χ1) is 8.15. The molecule has 0 aliphatic rings. The van der Waals surface area contributed by atoms with E-state index in [0.29, 0.717) is 17.6 Å². The van der Waals surface area contributed by atoms with Gasteiger partial charge in [-0.15, -0.1) is 0 Å². The van der Waals surface area contributed by atoms with E-state index in [1.807, 2.05) is 0 Å². The topological polar surface area (TPSA) is 98.3 Å². The molecule has 0 fully saturated rings. The Bertz CT molecular complexity index is 521. The maximum atomic E-state index is 10.6. The highest BCUT2D eigenvalue weighted by Gasteiger charge is 2.06. The third-order valence-electron chi connectivity index (χ3n) is 1.90. The smallest absolute Gasteiger partial charge is 0.337 e. The van der Waals surface area contributed by atoms with E-state index in [1.165, 1.54) is 18.3 Å². The Balaban J connectivity index is 1.97. The van der Waals surface area contributed by atoms with Crippen molar-refractivity contribution < 1.29 is 19.2 Å². The number of ether oxygens (including phenoxy) is 1. The number of aromatic carboxylic acids is 1. The van der Waals surface area contributed by atoms with Crippen molar-refractivity contribution in [2.75, 3.05) is 0 Å². The van der Waals surface area contributed by atoms with Gasteiger partial charge in [0.25, 0.3) is 5.89 Å². The molecule has 2 heterocycles. The van der Waals surface area contributed by atoms with Crippen LogP contribution in [0.25, 0.3) is 0 Å². The van der Waals surface area contributed by atoms with Crippen LogP contribution in [0.1, 0.15) is 22.1 Å². The number of aryl methyl sites for hydroxylation is 1. The van der Waals surface area contributed by atoms with Crippen LogP contribution in [0.3, 0.4) is 0 Å². The summed E-state index contributed by atoms with van der Waals surface area (Å²) in [6.07, 6.45) is 1.22. The van der Waals surface area contributed by atoms with E-state index in [4.69, 9.17) is 14.4 Å². The zero-order valence-corrected chi connectivity index (χ0v) is 8.95. The van der Waals surface area contributed by atoms with E-state index in [2.05, 4.69) is 15.1 Å². The molecule has 88 valence electrons. The first kappa shape index (κ1) is 11.1. The van der Waals surface area contributed by atoms with Gasteiger partial charge in [0.2, 0.25) is 5.88 Å². The number of carboxylic acids is 1. The second kappa shape index (κ2) is 4.60. The summed E-state index contributed by atoms with van der Waals surface area (Å²) < 4.78 is 10.1. The van der Waals surface area contributed by atoms with Gasteiger partial charge in [-0.1, -0.05) is 5.16 Å². The summed E-state index contributed by atoms with van der Waals surface area (Å²) in [6.45, 7) is 1.80. The lowest BCUT2D eigenvalue weighted by Gasteiger charge is -2.01. The highest BCUT2D eigenvalue weighted by Crippen LogP contribution is 2.09. The minimum Gasteiger partial charge on any atom is -0.478 e. The lowest BCUT2D eigenvalue weighted by molar-refractivity contribution is 0.0696. The Morgan fingerprint density at radius 2 is 2.35 bits per heavy atom. The summed E-state index contributed by atoms with van der Waals surface area (Å²) in [7, 11) is 0. The predicted molar refractivity (Wildman–Crippen MR) is 54.6 cm³/mol. The van der Waals surface area contributed by atoms with Gasteiger partial charge in [-0.3, -0.25) is 0 Å². The molecule has 2 aromatic rings. The molecule has 0 unspecified atom stereocenters. The third-order valence-corrected chi connectivity index (χ3v) is 1.90. The van der Waals surface area contributed by atoms with E-state index in [1.54, 1.807) is 6.92 Å². The molecule has 1 N–H and O–H groups in total. The molecule has 17 heavy (non-hydrogen) atoms. The van der Waals surface area contributed by atoms with E-state index in [-0.39, 0.29) is 12.2 Å². The second-order valence-electron chi connectivity index (χ2n) is 3.21. The molecule has 2 rings (SSSR count). The van der Waals surface area contributed by atoms with E-state index in [0.717, 1.165) is 0 Å². The van der Waals surface area contributed by atoms with Crippen molar-refractivity contribution in [3.8, 4) is 5.88 Å². The molecule has 0 saturated carbocycles.